The van der Waals surface area contributed by atoms with Gasteiger partial charge in [-0.3, -0.25) is 0 Å². The topological polar surface area (TPSA) is 69.7 Å². The first-order chi connectivity index (χ1) is 8.86. The van der Waals surface area contributed by atoms with Gasteiger partial charge in [-0.1, -0.05) is 0 Å². The first kappa shape index (κ1) is 15.9. The predicted molar refractivity (Wildman–Crippen MR) is 66.2 cm³/mol. The zero-order valence-corrected chi connectivity index (χ0v) is 11.6. The smallest absolute Gasteiger partial charge is 0.338 e. The molecule has 0 heterocycles. The van der Waals surface area contributed by atoms with Crippen LogP contribution in [-0.4, -0.2) is 34.7 Å². The Kier molecular flexibility index (Phi) is 5.71. The Labute approximate surface area is 114 Å². The van der Waals surface area contributed by atoms with Crippen LogP contribution < -0.4 is 0 Å². The Morgan fingerprint density at radius 2 is 2.05 bits per heavy atom. The summed E-state index contributed by atoms with van der Waals surface area (Å²) < 4.78 is 45.0. The van der Waals surface area contributed by atoms with E-state index in [1.165, 1.54) is 7.11 Å². The molecular weight excluding hydrogens is 299 g/mol. The molecule has 1 aromatic carbocycles. The van der Waals surface area contributed by atoms with Crippen LogP contribution >= 0.6 is 10.7 Å². The molecule has 106 valence electrons. The summed E-state index contributed by atoms with van der Waals surface area (Å²) in [6.45, 7) is 0.547. The molecule has 0 saturated carbocycles. The quantitative estimate of drug-likeness (QED) is 0.456. The number of carbonyl (C=O) groups excluding carboxylic acids is 1. The first-order valence-electron chi connectivity index (χ1n) is 5.26. The van der Waals surface area contributed by atoms with Crippen molar-refractivity contribution >= 4 is 25.7 Å². The molecule has 0 radical (unpaired) electrons. The lowest BCUT2D eigenvalue weighted by atomic mass is 10.2. The molecule has 0 aliphatic carbocycles. The molecule has 0 fully saturated rings. The van der Waals surface area contributed by atoms with Crippen molar-refractivity contribution < 1.29 is 27.1 Å². The second-order valence-corrected chi connectivity index (χ2v) is 6.10. The van der Waals surface area contributed by atoms with Crippen molar-refractivity contribution in [1.82, 2.24) is 0 Å². The van der Waals surface area contributed by atoms with Crippen LogP contribution in [0.5, 0.6) is 0 Å². The van der Waals surface area contributed by atoms with Crippen molar-refractivity contribution in [2.45, 2.75) is 11.3 Å². The Balaban J connectivity index is 2.82. The molecule has 0 aromatic heterocycles. The van der Waals surface area contributed by atoms with Gasteiger partial charge < -0.3 is 9.47 Å². The largest absolute Gasteiger partial charge is 0.462 e. The lowest BCUT2D eigenvalue weighted by Gasteiger charge is -2.06. The van der Waals surface area contributed by atoms with E-state index >= 15 is 0 Å². The summed E-state index contributed by atoms with van der Waals surface area (Å²) in [5, 5.41) is 0. The molecule has 0 saturated heterocycles. The fraction of sp³-hybridized carbons (Fsp3) is 0.364. The van der Waals surface area contributed by atoms with Gasteiger partial charge in [0.05, 0.1) is 12.2 Å². The minimum Gasteiger partial charge on any atom is -0.462 e. The molecular formula is C11H12ClFO5S. The molecule has 0 N–H and O–H groups in total. The molecule has 0 spiro atoms. The maximum atomic E-state index is 13.2. The number of ether oxygens (including phenoxy) is 2. The Morgan fingerprint density at radius 1 is 1.37 bits per heavy atom. The van der Waals surface area contributed by atoms with Crippen molar-refractivity contribution in [2.24, 2.45) is 0 Å². The van der Waals surface area contributed by atoms with Crippen molar-refractivity contribution in [1.29, 1.82) is 0 Å². The lowest BCUT2D eigenvalue weighted by Crippen LogP contribution is -2.09. The predicted octanol–water partition coefficient (Wildman–Crippen LogP) is 1.95. The number of esters is 1. The zero-order chi connectivity index (χ0) is 14.5. The summed E-state index contributed by atoms with van der Waals surface area (Å²) >= 11 is 0. The molecule has 19 heavy (non-hydrogen) atoms. The van der Waals surface area contributed by atoms with Gasteiger partial charge >= 0.3 is 5.97 Å². The van der Waals surface area contributed by atoms with Gasteiger partial charge in [0.1, 0.15) is 10.7 Å². The average molecular weight is 311 g/mol. The third-order valence-electron chi connectivity index (χ3n) is 2.16. The van der Waals surface area contributed by atoms with E-state index in [2.05, 4.69) is 0 Å². The Morgan fingerprint density at radius 3 is 2.63 bits per heavy atom. The van der Waals surface area contributed by atoms with E-state index in [1.54, 1.807) is 0 Å². The summed E-state index contributed by atoms with van der Waals surface area (Å²) in [6.07, 6.45) is 0.504. The molecule has 0 unspecified atom stereocenters. The van der Waals surface area contributed by atoms with Crippen LogP contribution in [0.15, 0.2) is 23.1 Å². The molecule has 0 atom stereocenters. The van der Waals surface area contributed by atoms with E-state index in [0.29, 0.717) is 13.0 Å². The van der Waals surface area contributed by atoms with Crippen LogP contribution in [0.3, 0.4) is 0 Å². The van der Waals surface area contributed by atoms with Gasteiger partial charge in [-0.15, -0.1) is 0 Å². The zero-order valence-electron chi connectivity index (χ0n) is 10.1. The van der Waals surface area contributed by atoms with Gasteiger partial charge in [0.25, 0.3) is 9.05 Å². The van der Waals surface area contributed by atoms with Gasteiger partial charge in [0.2, 0.25) is 0 Å². The van der Waals surface area contributed by atoms with Crippen molar-refractivity contribution in [3.63, 3.8) is 0 Å². The van der Waals surface area contributed by atoms with Gasteiger partial charge in [0.15, 0.2) is 0 Å². The summed E-state index contributed by atoms with van der Waals surface area (Å²) in [5.74, 6) is -1.77. The number of benzene rings is 1. The maximum absolute atomic E-state index is 13.2. The third kappa shape index (κ3) is 4.77. The van der Waals surface area contributed by atoms with Crippen LogP contribution in [0, 0.1) is 5.82 Å². The Bertz CT molecular complexity index is 558. The molecule has 0 aliphatic heterocycles. The second kappa shape index (κ2) is 6.83. The highest BCUT2D eigenvalue weighted by Gasteiger charge is 2.19. The fourth-order valence-corrected chi connectivity index (χ4v) is 2.19. The number of hydrogen-bond donors (Lipinski definition) is 0. The summed E-state index contributed by atoms with van der Waals surface area (Å²) in [5.41, 5.74) is -0.0851. The summed E-state index contributed by atoms with van der Waals surface area (Å²) in [7, 11) is 2.31. The van der Waals surface area contributed by atoms with Gasteiger partial charge in [-0.2, -0.15) is 0 Å². The molecule has 1 aromatic rings. The van der Waals surface area contributed by atoms with E-state index < -0.39 is 25.7 Å². The van der Waals surface area contributed by atoms with Crippen molar-refractivity contribution in [3.05, 3.63) is 29.6 Å². The first-order valence-corrected chi connectivity index (χ1v) is 7.57. The highest BCUT2D eigenvalue weighted by atomic mass is 35.7. The van der Waals surface area contributed by atoms with Crippen LogP contribution in [-0.2, 0) is 18.5 Å². The minimum atomic E-state index is -4.25. The monoisotopic (exact) mass is 310 g/mol. The number of rotatable bonds is 6. The average Bonchev–Trinajstić information content (AvgIpc) is 2.33. The molecule has 0 amide bonds. The van der Waals surface area contributed by atoms with Crippen LogP contribution in [0.2, 0.25) is 0 Å². The number of hydrogen-bond acceptors (Lipinski definition) is 5. The highest BCUT2D eigenvalue weighted by molar-refractivity contribution is 8.13. The standard InChI is InChI=1S/C11H12ClFO5S/c1-17-5-2-6-18-11(14)8-3-4-9(13)10(7-8)19(12,15)16/h3-4,7H,2,5-6H2,1H3. The van der Waals surface area contributed by atoms with Gasteiger partial charge in [0, 0.05) is 30.8 Å². The Hall–Kier alpha value is -1.18. The van der Waals surface area contributed by atoms with E-state index in [0.717, 1.165) is 18.2 Å². The fourth-order valence-electron chi connectivity index (χ4n) is 1.27. The van der Waals surface area contributed by atoms with E-state index in [-0.39, 0.29) is 12.2 Å². The van der Waals surface area contributed by atoms with Crippen molar-refractivity contribution in [3.8, 4) is 0 Å². The lowest BCUT2D eigenvalue weighted by molar-refractivity contribution is 0.0468. The van der Waals surface area contributed by atoms with E-state index in [9.17, 15) is 17.6 Å². The van der Waals surface area contributed by atoms with Gasteiger partial charge in [-0.25, -0.2) is 17.6 Å². The SMILES string of the molecule is COCCCOC(=O)c1ccc(F)c(S(=O)(=O)Cl)c1. The molecule has 0 aliphatic rings. The van der Waals surface area contributed by atoms with E-state index in [1.807, 2.05) is 0 Å². The number of halogens is 2. The van der Waals surface area contributed by atoms with Crippen LogP contribution in [0.4, 0.5) is 4.39 Å². The summed E-state index contributed by atoms with van der Waals surface area (Å²) in [6, 6.07) is 2.82. The van der Waals surface area contributed by atoms with Crippen LogP contribution in [0.1, 0.15) is 16.8 Å². The molecule has 5 nitrogen and oxygen atoms in total. The normalized spacial score (nSPS) is 11.3. The van der Waals surface area contributed by atoms with Crippen LogP contribution in [0.25, 0.3) is 0 Å². The van der Waals surface area contributed by atoms with Gasteiger partial charge in [-0.05, 0) is 18.2 Å². The molecule has 0 bridgehead atoms. The maximum Gasteiger partial charge on any atom is 0.338 e. The third-order valence-corrected chi connectivity index (χ3v) is 3.49. The number of carbonyl (C=O) groups is 1. The minimum absolute atomic E-state index is 0.0851. The van der Waals surface area contributed by atoms with E-state index in [4.69, 9.17) is 20.2 Å². The summed E-state index contributed by atoms with van der Waals surface area (Å²) in [4.78, 5) is 10.8. The number of methoxy groups -OCH3 is 1. The molecule has 1 rings (SSSR count). The molecule has 8 heteroatoms. The highest BCUT2D eigenvalue weighted by Crippen LogP contribution is 2.20. The second-order valence-electron chi connectivity index (χ2n) is 3.57. The van der Waals surface area contributed by atoms with Crippen molar-refractivity contribution in [2.75, 3.05) is 20.3 Å².